The Kier molecular flexibility index (Phi) is 3.29. The third-order valence-corrected chi connectivity index (χ3v) is 7.94. The van der Waals surface area contributed by atoms with E-state index in [0.29, 0.717) is 30.8 Å². The summed E-state index contributed by atoms with van der Waals surface area (Å²) < 4.78 is 27.4. The molecule has 0 bridgehead atoms. The number of rotatable bonds is 2. The number of anilines is 1. The van der Waals surface area contributed by atoms with Crippen molar-refractivity contribution in [3.8, 4) is 0 Å². The zero-order chi connectivity index (χ0) is 15.5. The van der Waals surface area contributed by atoms with Crippen molar-refractivity contribution in [3.05, 3.63) is 23.3 Å². The molecule has 0 radical (unpaired) electrons. The molecule has 22 heavy (non-hydrogen) atoms. The maximum Gasteiger partial charge on any atom is 0.244 e. The summed E-state index contributed by atoms with van der Waals surface area (Å²) in [5.41, 5.74) is 2.98. The zero-order valence-corrected chi connectivity index (χ0v) is 14.0. The molecule has 0 saturated carbocycles. The smallest absolute Gasteiger partial charge is 0.244 e. The lowest BCUT2D eigenvalue weighted by atomic mass is 10.00. The van der Waals surface area contributed by atoms with Gasteiger partial charge < -0.3 is 4.90 Å². The monoisotopic (exact) mass is 338 g/mol. The van der Waals surface area contributed by atoms with Crippen LogP contribution in [0.2, 0.25) is 0 Å². The maximum absolute atomic E-state index is 12.9. The summed E-state index contributed by atoms with van der Waals surface area (Å²) >= 11 is 1.67. The molecule has 7 heteroatoms. The highest BCUT2D eigenvalue weighted by Gasteiger charge is 2.37. The molecule has 1 aromatic carbocycles. The van der Waals surface area contributed by atoms with E-state index in [1.165, 1.54) is 0 Å². The molecule has 4 rings (SSSR count). The van der Waals surface area contributed by atoms with Crippen LogP contribution in [0, 0.1) is 0 Å². The molecule has 0 N–H and O–H groups in total. The van der Waals surface area contributed by atoms with Gasteiger partial charge >= 0.3 is 0 Å². The predicted octanol–water partition coefficient (Wildman–Crippen LogP) is 1.61. The summed E-state index contributed by atoms with van der Waals surface area (Å²) in [6, 6.07) is 3.57. The van der Waals surface area contributed by atoms with Gasteiger partial charge in [0.15, 0.2) is 0 Å². The number of hydrogen-bond donors (Lipinski definition) is 0. The first kappa shape index (κ1) is 14.5. The van der Waals surface area contributed by atoms with Gasteiger partial charge in [-0.1, -0.05) is 0 Å². The van der Waals surface area contributed by atoms with Crippen LogP contribution < -0.4 is 4.90 Å². The average Bonchev–Trinajstić information content (AvgIpc) is 3.10. The van der Waals surface area contributed by atoms with Gasteiger partial charge in [-0.05, 0) is 43.0 Å². The van der Waals surface area contributed by atoms with Gasteiger partial charge in [0.05, 0.1) is 16.0 Å². The van der Waals surface area contributed by atoms with Gasteiger partial charge in [0.25, 0.3) is 0 Å². The molecule has 1 fully saturated rings. The van der Waals surface area contributed by atoms with Gasteiger partial charge in [0, 0.05) is 25.3 Å². The van der Waals surface area contributed by atoms with Gasteiger partial charge in [0.1, 0.15) is 0 Å². The summed E-state index contributed by atoms with van der Waals surface area (Å²) in [6.07, 6.45) is 1.87. The number of hydrogen-bond acceptors (Lipinski definition) is 4. The third kappa shape index (κ3) is 2.02. The van der Waals surface area contributed by atoms with E-state index in [9.17, 15) is 13.2 Å². The topological polar surface area (TPSA) is 57.7 Å². The molecular formula is C15H18N2O3S2. The Labute approximate surface area is 134 Å². The van der Waals surface area contributed by atoms with Crippen LogP contribution in [0.4, 0.5) is 5.69 Å². The molecule has 3 aliphatic rings. The molecule has 0 aromatic heterocycles. The second-order valence-electron chi connectivity index (χ2n) is 5.97. The highest BCUT2D eigenvalue weighted by atomic mass is 32.2. The molecule has 1 amide bonds. The molecule has 3 aliphatic heterocycles. The number of benzene rings is 1. The standard InChI is InChI=1S/C15H18N2O3S2/c1-10-17(6-7-21-10)22(19,20)13-8-11-2-3-14(18)16-5-4-12(9-13)15(11)16/h8-10H,2-7H2,1H3. The minimum atomic E-state index is -3.44. The highest BCUT2D eigenvalue weighted by Crippen LogP contribution is 2.39. The fraction of sp³-hybridized carbons (Fsp3) is 0.533. The van der Waals surface area contributed by atoms with Crippen molar-refractivity contribution >= 4 is 33.4 Å². The van der Waals surface area contributed by atoms with E-state index in [2.05, 4.69) is 0 Å². The first-order valence-corrected chi connectivity index (χ1v) is 10.1. The van der Waals surface area contributed by atoms with Crippen LogP contribution in [0.15, 0.2) is 17.0 Å². The van der Waals surface area contributed by atoms with E-state index in [-0.39, 0.29) is 11.3 Å². The fourth-order valence-corrected chi connectivity index (χ4v) is 6.73. The number of carbonyl (C=O) groups excluding carboxylic acids is 1. The molecule has 1 saturated heterocycles. The summed E-state index contributed by atoms with van der Waals surface area (Å²) in [5.74, 6) is 1.01. The number of amides is 1. The highest BCUT2D eigenvalue weighted by molar-refractivity contribution is 8.01. The predicted molar refractivity (Wildman–Crippen MR) is 86.6 cm³/mol. The Hall–Kier alpha value is -1.05. The zero-order valence-electron chi connectivity index (χ0n) is 12.4. The molecule has 5 nitrogen and oxygen atoms in total. The van der Waals surface area contributed by atoms with Gasteiger partial charge in [-0.2, -0.15) is 4.31 Å². The van der Waals surface area contributed by atoms with Crippen molar-refractivity contribution in [1.29, 1.82) is 0 Å². The SMILES string of the molecule is CC1SCCN1S(=O)(=O)c1cc2c3c(c1)CCN3C(=O)CC2. The lowest BCUT2D eigenvalue weighted by Crippen LogP contribution is -2.34. The number of thioether (sulfide) groups is 1. The van der Waals surface area contributed by atoms with Crippen LogP contribution in [-0.2, 0) is 27.7 Å². The third-order valence-electron chi connectivity index (χ3n) is 4.71. The van der Waals surface area contributed by atoms with Crippen molar-refractivity contribution in [2.24, 2.45) is 0 Å². The lowest BCUT2D eigenvalue weighted by Gasteiger charge is -2.26. The molecule has 3 heterocycles. The number of sulfonamides is 1. The van der Waals surface area contributed by atoms with Crippen LogP contribution in [0.3, 0.4) is 0 Å². The summed E-state index contributed by atoms with van der Waals surface area (Å²) in [6.45, 7) is 3.19. The van der Waals surface area contributed by atoms with E-state index >= 15 is 0 Å². The van der Waals surface area contributed by atoms with Crippen molar-refractivity contribution in [2.75, 3.05) is 23.7 Å². The fourth-order valence-electron chi connectivity index (χ4n) is 3.60. The quantitative estimate of drug-likeness (QED) is 0.822. The molecular weight excluding hydrogens is 320 g/mol. The maximum atomic E-state index is 12.9. The second-order valence-corrected chi connectivity index (χ2v) is 9.29. The van der Waals surface area contributed by atoms with Crippen molar-refractivity contribution in [3.63, 3.8) is 0 Å². The Morgan fingerprint density at radius 2 is 1.86 bits per heavy atom. The Morgan fingerprint density at radius 1 is 1.14 bits per heavy atom. The van der Waals surface area contributed by atoms with E-state index in [0.717, 1.165) is 29.0 Å². The molecule has 118 valence electrons. The minimum absolute atomic E-state index is 0.00677. The molecule has 0 spiro atoms. The van der Waals surface area contributed by atoms with Gasteiger partial charge in [-0.3, -0.25) is 4.79 Å². The van der Waals surface area contributed by atoms with Gasteiger partial charge in [-0.25, -0.2) is 8.42 Å². The van der Waals surface area contributed by atoms with Gasteiger partial charge in [0.2, 0.25) is 15.9 Å². The molecule has 1 atom stereocenters. The van der Waals surface area contributed by atoms with Crippen molar-refractivity contribution < 1.29 is 13.2 Å². The molecule has 0 aliphatic carbocycles. The first-order chi connectivity index (χ1) is 10.5. The van der Waals surface area contributed by atoms with E-state index in [4.69, 9.17) is 0 Å². The van der Waals surface area contributed by atoms with Crippen LogP contribution in [-0.4, -0.2) is 42.8 Å². The van der Waals surface area contributed by atoms with Crippen LogP contribution in [0.1, 0.15) is 24.5 Å². The van der Waals surface area contributed by atoms with Crippen LogP contribution >= 0.6 is 11.8 Å². The van der Waals surface area contributed by atoms with Crippen LogP contribution in [0.5, 0.6) is 0 Å². The summed E-state index contributed by atoms with van der Waals surface area (Å²) in [5, 5.41) is -0.00677. The van der Waals surface area contributed by atoms with Gasteiger partial charge in [-0.15, -0.1) is 11.8 Å². The minimum Gasteiger partial charge on any atom is -0.312 e. The van der Waals surface area contributed by atoms with E-state index < -0.39 is 10.0 Å². The van der Waals surface area contributed by atoms with E-state index in [1.807, 2.05) is 11.8 Å². The van der Waals surface area contributed by atoms with Crippen molar-refractivity contribution in [2.45, 2.75) is 36.5 Å². The number of nitrogens with zero attached hydrogens (tertiary/aromatic N) is 2. The number of carbonyl (C=O) groups is 1. The average molecular weight is 338 g/mol. The lowest BCUT2D eigenvalue weighted by molar-refractivity contribution is -0.118. The normalized spacial score (nSPS) is 24.9. The Morgan fingerprint density at radius 3 is 2.55 bits per heavy atom. The summed E-state index contributed by atoms with van der Waals surface area (Å²) in [4.78, 5) is 14.2. The first-order valence-electron chi connectivity index (χ1n) is 7.58. The number of aryl methyl sites for hydroxylation is 1. The largest absolute Gasteiger partial charge is 0.312 e. The second kappa shape index (κ2) is 4.97. The van der Waals surface area contributed by atoms with E-state index in [1.54, 1.807) is 28.2 Å². The Bertz CT molecular complexity index is 760. The Balaban J connectivity index is 1.81. The van der Waals surface area contributed by atoms with Crippen molar-refractivity contribution in [1.82, 2.24) is 4.31 Å². The molecule has 1 unspecified atom stereocenters. The molecule has 1 aromatic rings. The van der Waals surface area contributed by atoms with Crippen LogP contribution in [0.25, 0.3) is 0 Å². The summed E-state index contributed by atoms with van der Waals surface area (Å²) in [7, 11) is -3.44.